The summed E-state index contributed by atoms with van der Waals surface area (Å²) in [6.07, 6.45) is 74.4. The summed E-state index contributed by atoms with van der Waals surface area (Å²) in [5.41, 5.74) is 0. The zero-order chi connectivity index (χ0) is 49.3. The van der Waals surface area contributed by atoms with E-state index in [9.17, 15) is 14.4 Å². The van der Waals surface area contributed by atoms with Crippen molar-refractivity contribution >= 4 is 17.9 Å². The van der Waals surface area contributed by atoms with Gasteiger partial charge in [-0.15, -0.1) is 0 Å². The smallest absolute Gasteiger partial charge is 0.310 e. The Morgan fingerprint density at radius 3 is 0.971 bits per heavy atom. The lowest BCUT2D eigenvalue weighted by Gasteiger charge is -2.18. The predicted molar refractivity (Wildman–Crippen MR) is 293 cm³/mol. The fraction of sp³-hybridized carbons (Fsp3) is 0.694. The molecule has 0 aromatic heterocycles. The molecule has 0 spiro atoms. The van der Waals surface area contributed by atoms with Gasteiger partial charge in [0.25, 0.3) is 0 Å². The summed E-state index contributed by atoms with van der Waals surface area (Å²) in [4.78, 5) is 38.0. The summed E-state index contributed by atoms with van der Waals surface area (Å²) >= 11 is 0. The lowest BCUT2D eigenvalue weighted by molar-refractivity contribution is -0.166. The molecule has 1 unspecified atom stereocenters. The van der Waals surface area contributed by atoms with Gasteiger partial charge in [-0.3, -0.25) is 14.4 Å². The Bertz CT molecular complexity index is 1360. The van der Waals surface area contributed by atoms with Gasteiger partial charge in [-0.25, -0.2) is 0 Å². The average molecular weight is 946 g/mol. The first-order chi connectivity index (χ1) is 33.5. The highest BCUT2D eigenvalue weighted by Crippen LogP contribution is 2.16. The number of unbranched alkanes of at least 4 members (excludes halogenated alkanes) is 24. The second-order valence-corrected chi connectivity index (χ2v) is 18.5. The molecule has 0 saturated carbocycles. The van der Waals surface area contributed by atoms with Crippen LogP contribution in [0.25, 0.3) is 0 Å². The van der Waals surface area contributed by atoms with Crippen molar-refractivity contribution < 1.29 is 28.6 Å². The highest BCUT2D eigenvalue weighted by Gasteiger charge is 2.19. The monoisotopic (exact) mass is 945 g/mol. The van der Waals surface area contributed by atoms with Gasteiger partial charge in [0, 0.05) is 12.8 Å². The Morgan fingerprint density at radius 1 is 0.324 bits per heavy atom. The summed E-state index contributed by atoms with van der Waals surface area (Å²) in [5.74, 6) is -1.08. The van der Waals surface area contributed by atoms with Gasteiger partial charge in [-0.2, -0.15) is 0 Å². The van der Waals surface area contributed by atoms with Gasteiger partial charge in [0.05, 0.1) is 6.42 Å². The molecule has 6 nitrogen and oxygen atoms in total. The summed E-state index contributed by atoms with van der Waals surface area (Å²) in [6.45, 7) is 6.31. The highest BCUT2D eigenvalue weighted by molar-refractivity contribution is 5.72. The SMILES string of the molecule is CC/C=C\C/C=C\C/C=C\C/C=C\C/C=C\CC(=O)OC(COC(=O)CCCCC/C=C\C/C=C\C/C=C\CC)COC(=O)CCCCCCCCCCCCCCCCCCCCCCCC. The van der Waals surface area contributed by atoms with E-state index in [1.54, 1.807) is 6.08 Å². The topological polar surface area (TPSA) is 78.9 Å². The minimum atomic E-state index is -0.843. The van der Waals surface area contributed by atoms with Crippen molar-refractivity contribution in [1.29, 1.82) is 0 Å². The van der Waals surface area contributed by atoms with Crippen LogP contribution in [0.5, 0.6) is 0 Å². The van der Waals surface area contributed by atoms with Gasteiger partial charge >= 0.3 is 17.9 Å². The number of esters is 3. The molecular formula is C62H104O6. The number of rotatable bonds is 50. The van der Waals surface area contributed by atoms with E-state index in [2.05, 4.69) is 106 Å². The van der Waals surface area contributed by atoms with Crippen LogP contribution in [-0.2, 0) is 28.6 Å². The molecule has 0 bridgehead atoms. The van der Waals surface area contributed by atoms with Crippen LogP contribution in [0.2, 0.25) is 0 Å². The zero-order valence-electron chi connectivity index (χ0n) is 44.3. The minimum absolute atomic E-state index is 0.0897. The summed E-state index contributed by atoms with van der Waals surface area (Å²) in [5, 5.41) is 0. The van der Waals surface area contributed by atoms with Gasteiger partial charge < -0.3 is 14.2 Å². The van der Waals surface area contributed by atoms with Crippen molar-refractivity contribution in [3.8, 4) is 0 Å². The first-order valence-corrected chi connectivity index (χ1v) is 28.2. The lowest BCUT2D eigenvalue weighted by atomic mass is 10.0. The molecule has 0 aliphatic heterocycles. The normalized spacial score (nSPS) is 12.8. The Hall–Kier alpha value is -3.67. The largest absolute Gasteiger partial charge is 0.462 e. The second kappa shape index (κ2) is 55.9. The van der Waals surface area contributed by atoms with Gasteiger partial charge in [0.15, 0.2) is 6.10 Å². The van der Waals surface area contributed by atoms with E-state index in [-0.39, 0.29) is 31.6 Å². The first kappa shape index (κ1) is 64.3. The Balaban J connectivity index is 4.41. The van der Waals surface area contributed by atoms with Crippen LogP contribution in [-0.4, -0.2) is 37.2 Å². The van der Waals surface area contributed by atoms with Crippen LogP contribution in [0.3, 0.4) is 0 Å². The predicted octanol–water partition coefficient (Wildman–Crippen LogP) is 18.9. The van der Waals surface area contributed by atoms with Crippen LogP contribution < -0.4 is 0 Å². The maximum atomic E-state index is 12.8. The quantitative estimate of drug-likeness (QED) is 0.0262. The van der Waals surface area contributed by atoms with Gasteiger partial charge in [0.2, 0.25) is 0 Å². The number of carbonyl (C=O) groups is 3. The minimum Gasteiger partial charge on any atom is -0.462 e. The number of carbonyl (C=O) groups excluding carboxylic acids is 3. The molecule has 0 aromatic carbocycles. The summed E-state index contributed by atoms with van der Waals surface area (Å²) < 4.78 is 16.7. The van der Waals surface area contributed by atoms with Gasteiger partial charge in [-0.1, -0.05) is 259 Å². The molecule has 68 heavy (non-hydrogen) atoms. The molecule has 0 radical (unpaired) electrons. The number of allylic oxidation sites excluding steroid dienone is 15. The van der Waals surface area contributed by atoms with Crippen LogP contribution in [0.15, 0.2) is 97.2 Å². The van der Waals surface area contributed by atoms with E-state index in [4.69, 9.17) is 14.2 Å². The molecule has 0 saturated heterocycles. The maximum Gasteiger partial charge on any atom is 0.310 e. The van der Waals surface area contributed by atoms with E-state index in [0.717, 1.165) is 89.9 Å². The molecule has 0 aliphatic rings. The maximum absolute atomic E-state index is 12.8. The zero-order valence-corrected chi connectivity index (χ0v) is 44.3. The van der Waals surface area contributed by atoms with E-state index in [0.29, 0.717) is 19.3 Å². The van der Waals surface area contributed by atoms with Crippen LogP contribution >= 0.6 is 0 Å². The average Bonchev–Trinajstić information content (AvgIpc) is 3.34. The Morgan fingerprint density at radius 2 is 0.618 bits per heavy atom. The van der Waals surface area contributed by atoms with Crippen molar-refractivity contribution in [2.75, 3.05) is 13.2 Å². The Labute approximate surface area is 419 Å². The first-order valence-electron chi connectivity index (χ1n) is 28.2. The van der Waals surface area contributed by atoms with E-state index >= 15 is 0 Å². The van der Waals surface area contributed by atoms with E-state index in [1.165, 1.54) is 122 Å². The van der Waals surface area contributed by atoms with Crippen molar-refractivity contribution in [3.63, 3.8) is 0 Å². The number of ether oxygens (including phenoxy) is 3. The van der Waals surface area contributed by atoms with Crippen molar-refractivity contribution in [3.05, 3.63) is 97.2 Å². The van der Waals surface area contributed by atoms with Crippen molar-refractivity contribution in [2.24, 2.45) is 0 Å². The molecule has 0 aliphatic carbocycles. The molecule has 6 heteroatoms. The molecule has 0 aromatic rings. The third-order valence-corrected chi connectivity index (χ3v) is 11.9. The van der Waals surface area contributed by atoms with Crippen LogP contribution in [0.1, 0.15) is 258 Å². The molecule has 388 valence electrons. The van der Waals surface area contributed by atoms with Gasteiger partial charge in [0.1, 0.15) is 13.2 Å². The third-order valence-electron chi connectivity index (χ3n) is 11.9. The van der Waals surface area contributed by atoms with Gasteiger partial charge in [-0.05, 0) is 77.0 Å². The molecule has 0 N–H and O–H groups in total. The van der Waals surface area contributed by atoms with Crippen molar-refractivity contribution in [1.82, 2.24) is 0 Å². The molecule has 0 heterocycles. The highest BCUT2D eigenvalue weighted by atomic mass is 16.6. The summed E-state index contributed by atoms with van der Waals surface area (Å²) in [6, 6.07) is 0. The fourth-order valence-electron chi connectivity index (χ4n) is 7.71. The number of hydrogen-bond acceptors (Lipinski definition) is 6. The number of hydrogen-bond donors (Lipinski definition) is 0. The van der Waals surface area contributed by atoms with Crippen LogP contribution in [0, 0.1) is 0 Å². The van der Waals surface area contributed by atoms with E-state index in [1.807, 2.05) is 6.08 Å². The lowest BCUT2D eigenvalue weighted by Crippen LogP contribution is -2.30. The van der Waals surface area contributed by atoms with E-state index < -0.39 is 12.1 Å². The molecule has 0 fully saturated rings. The molecule has 0 amide bonds. The van der Waals surface area contributed by atoms with Crippen molar-refractivity contribution in [2.45, 2.75) is 264 Å². The fourth-order valence-corrected chi connectivity index (χ4v) is 7.71. The molecule has 1 atom stereocenters. The summed E-state index contributed by atoms with van der Waals surface area (Å²) in [7, 11) is 0. The molecular weight excluding hydrogens is 841 g/mol. The Kier molecular flexibility index (Phi) is 52.9. The molecule has 0 rings (SSSR count). The third kappa shape index (κ3) is 53.3. The second-order valence-electron chi connectivity index (χ2n) is 18.5. The standard InChI is InChI=1S/C62H104O6/c1-4-7-10-13-16-19-22-25-27-28-29-30-31-32-33-35-37-40-43-46-49-52-55-61(64)67-58-59(57-66-60(63)54-51-48-45-42-39-36-24-21-18-15-12-9-6-3)68-62(65)56-53-50-47-44-41-38-34-26-23-20-17-14-11-8-5-2/h8-9,11-12,17-18,20-21,26,34,36,39,41,44,50,53,59H,4-7,10,13-16,19,22-25,27-33,35,37-38,40,42-43,45-49,51-52,54-58H2,1-3H3/b11-8-,12-9-,20-17-,21-18-,34-26-,39-36-,44-41-,53-50-. The van der Waals surface area contributed by atoms with Crippen LogP contribution in [0.4, 0.5) is 0 Å².